The molecule has 44 heavy (non-hydrogen) atoms. The second-order valence-corrected chi connectivity index (χ2v) is 13.4. The van der Waals surface area contributed by atoms with Gasteiger partial charge in [-0.1, -0.05) is 148 Å². The highest BCUT2D eigenvalue weighted by Gasteiger charge is 2.35. The Kier molecular flexibility index (Phi) is 8.08. The largest absolute Gasteiger partial charge is 0.141 e. The molecule has 0 nitrogen and oxygen atoms in total. The summed E-state index contributed by atoms with van der Waals surface area (Å²) in [6.07, 6.45) is 3.74. The zero-order valence-electron chi connectivity index (χ0n) is 26.0. The van der Waals surface area contributed by atoms with E-state index in [0.29, 0.717) is 0 Å². The lowest BCUT2D eigenvalue weighted by Crippen LogP contribution is -2.15. The fraction of sp³-hybridized carbons (Fsp3) is 0.116. The molecule has 1 aliphatic carbocycles. The Labute approximate surface area is 266 Å². The van der Waals surface area contributed by atoms with E-state index in [-0.39, 0.29) is 5.41 Å². The average Bonchev–Trinajstić information content (AvgIpc) is 3.59. The van der Waals surface area contributed by atoms with E-state index in [1.54, 1.807) is 0 Å². The first-order valence-electron chi connectivity index (χ1n) is 15.2. The fourth-order valence-electron chi connectivity index (χ4n) is 6.07. The predicted molar refractivity (Wildman–Crippen MR) is 194 cm³/mol. The van der Waals surface area contributed by atoms with Gasteiger partial charge in [0.05, 0.1) is 0 Å². The van der Waals surface area contributed by atoms with Crippen molar-refractivity contribution in [2.75, 3.05) is 0 Å². The first kappa shape index (κ1) is 29.4. The minimum Gasteiger partial charge on any atom is -0.141 e. The van der Waals surface area contributed by atoms with Gasteiger partial charge >= 0.3 is 0 Å². The molecule has 0 N–H and O–H groups in total. The lowest BCUT2D eigenvalue weighted by atomic mass is 9.81. The number of hydrogen-bond donors (Lipinski definition) is 0. The van der Waals surface area contributed by atoms with Crippen LogP contribution < -0.4 is 0 Å². The Morgan fingerprint density at radius 3 is 1.48 bits per heavy atom. The third-order valence-electron chi connectivity index (χ3n) is 8.70. The third kappa shape index (κ3) is 5.76. The summed E-state index contributed by atoms with van der Waals surface area (Å²) < 4.78 is 0. The molecule has 0 fully saturated rings. The summed E-state index contributed by atoms with van der Waals surface area (Å²) in [6.45, 7) is 16.6. The quantitative estimate of drug-likeness (QED) is 0.188. The van der Waals surface area contributed by atoms with E-state index in [1.165, 1.54) is 71.0 Å². The van der Waals surface area contributed by atoms with Crippen LogP contribution in [-0.2, 0) is 5.41 Å². The van der Waals surface area contributed by atoms with E-state index in [1.807, 2.05) is 23.5 Å². The Bertz CT molecular complexity index is 1950. The molecule has 1 heteroatoms. The molecule has 6 aromatic rings. The maximum Gasteiger partial charge on any atom is 0.0345 e. The Morgan fingerprint density at radius 2 is 0.955 bits per heavy atom. The van der Waals surface area contributed by atoms with Crippen LogP contribution >= 0.6 is 11.3 Å². The van der Waals surface area contributed by atoms with Gasteiger partial charge in [-0.2, -0.15) is 0 Å². The van der Waals surface area contributed by atoms with Crippen LogP contribution in [0.1, 0.15) is 46.5 Å². The van der Waals surface area contributed by atoms with E-state index >= 15 is 0 Å². The van der Waals surface area contributed by atoms with Crippen LogP contribution in [0.25, 0.3) is 56.0 Å². The van der Waals surface area contributed by atoms with Crippen LogP contribution in [-0.4, -0.2) is 0 Å². The van der Waals surface area contributed by atoms with Crippen LogP contribution in [0, 0.1) is 13.8 Å². The molecular formula is C43H38S. The van der Waals surface area contributed by atoms with Gasteiger partial charge in [-0.15, -0.1) is 11.3 Å². The molecular weight excluding hydrogens is 549 g/mol. The number of benzene rings is 5. The molecule has 0 bridgehead atoms. The maximum atomic E-state index is 3.83. The SMILES string of the molecule is C=Cc1ccc(-c2ccc(-c3ccc4c(c3)C(C)(C)c3cc(C)ccc3-4)cc2)cc1.C=Cc1ccc(-c2ccc(C)s2)cc1. The Hall–Kier alpha value is -4.72. The number of rotatable bonds is 5. The van der Waals surface area contributed by atoms with Crippen LogP contribution in [0.3, 0.4) is 0 Å². The lowest BCUT2D eigenvalue weighted by molar-refractivity contribution is 0.660. The standard InChI is InChI=1S/C30H26.C13H12S/c1-5-21-7-9-22(10-8-21)23-11-13-24(14-12-23)25-15-17-27-26-16-6-20(2)18-28(26)30(3,4)29(27)19-25;1-3-11-5-7-12(8-6-11)13-9-4-10(2)14-13/h5-19H,1H2,2-4H3;3-9H,1H2,2H3. The van der Waals surface area contributed by atoms with Gasteiger partial charge in [0.25, 0.3) is 0 Å². The van der Waals surface area contributed by atoms with Gasteiger partial charge in [0.15, 0.2) is 0 Å². The molecule has 0 aliphatic heterocycles. The smallest absolute Gasteiger partial charge is 0.0345 e. The zero-order chi connectivity index (χ0) is 30.8. The molecule has 0 spiro atoms. The first-order valence-corrected chi connectivity index (χ1v) is 16.0. The molecule has 7 rings (SSSR count). The molecule has 0 radical (unpaired) electrons. The summed E-state index contributed by atoms with van der Waals surface area (Å²) >= 11 is 1.83. The minimum absolute atomic E-state index is 0.0273. The highest BCUT2D eigenvalue weighted by molar-refractivity contribution is 7.15. The third-order valence-corrected chi connectivity index (χ3v) is 9.75. The number of aryl methyl sites for hydroxylation is 2. The van der Waals surface area contributed by atoms with E-state index in [2.05, 4.69) is 162 Å². The first-order chi connectivity index (χ1) is 21.3. The zero-order valence-corrected chi connectivity index (χ0v) is 26.8. The predicted octanol–water partition coefficient (Wildman–Crippen LogP) is 12.6. The summed E-state index contributed by atoms with van der Waals surface area (Å²) in [6, 6.07) is 44.0. The fourth-order valence-corrected chi connectivity index (χ4v) is 6.94. The van der Waals surface area contributed by atoms with Gasteiger partial charge < -0.3 is 0 Å². The molecule has 0 atom stereocenters. The monoisotopic (exact) mass is 586 g/mol. The minimum atomic E-state index is 0.0273. The Morgan fingerprint density at radius 1 is 0.500 bits per heavy atom. The number of hydrogen-bond acceptors (Lipinski definition) is 1. The van der Waals surface area contributed by atoms with Crippen LogP contribution in [0.4, 0.5) is 0 Å². The highest BCUT2D eigenvalue weighted by Crippen LogP contribution is 2.49. The van der Waals surface area contributed by atoms with Crippen molar-refractivity contribution in [2.45, 2.75) is 33.1 Å². The molecule has 1 aliphatic rings. The van der Waals surface area contributed by atoms with Gasteiger partial charge in [0.1, 0.15) is 0 Å². The molecule has 0 saturated carbocycles. The second-order valence-electron chi connectivity index (χ2n) is 12.1. The van der Waals surface area contributed by atoms with Crippen LogP contribution in [0.5, 0.6) is 0 Å². The van der Waals surface area contributed by atoms with E-state index < -0.39 is 0 Å². The molecule has 0 amide bonds. The highest BCUT2D eigenvalue weighted by atomic mass is 32.1. The topological polar surface area (TPSA) is 0 Å². The molecule has 0 saturated heterocycles. The van der Waals surface area contributed by atoms with Crippen molar-refractivity contribution >= 4 is 23.5 Å². The maximum absolute atomic E-state index is 3.83. The van der Waals surface area contributed by atoms with Crippen molar-refractivity contribution in [3.8, 4) is 43.8 Å². The number of thiophene rings is 1. The van der Waals surface area contributed by atoms with E-state index in [9.17, 15) is 0 Å². The van der Waals surface area contributed by atoms with Gasteiger partial charge in [-0.05, 0) is 93.2 Å². The van der Waals surface area contributed by atoms with Crippen molar-refractivity contribution in [3.63, 3.8) is 0 Å². The average molecular weight is 587 g/mol. The van der Waals surface area contributed by atoms with E-state index in [4.69, 9.17) is 0 Å². The van der Waals surface area contributed by atoms with Crippen molar-refractivity contribution in [1.29, 1.82) is 0 Å². The van der Waals surface area contributed by atoms with Crippen LogP contribution in [0.15, 0.2) is 134 Å². The lowest BCUT2D eigenvalue weighted by Gasteiger charge is -2.22. The van der Waals surface area contributed by atoms with Crippen LogP contribution in [0.2, 0.25) is 0 Å². The van der Waals surface area contributed by atoms with Crippen molar-refractivity contribution in [1.82, 2.24) is 0 Å². The molecule has 5 aromatic carbocycles. The summed E-state index contributed by atoms with van der Waals surface area (Å²) in [5.41, 5.74) is 15.6. The molecule has 1 heterocycles. The Balaban J connectivity index is 0.000000205. The van der Waals surface area contributed by atoms with Crippen molar-refractivity contribution < 1.29 is 0 Å². The number of fused-ring (bicyclic) bond motifs is 3. The molecule has 216 valence electrons. The summed E-state index contributed by atoms with van der Waals surface area (Å²) in [4.78, 5) is 2.69. The summed E-state index contributed by atoms with van der Waals surface area (Å²) in [7, 11) is 0. The second kappa shape index (κ2) is 12.1. The van der Waals surface area contributed by atoms with Gasteiger partial charge in [-0.3, -0.25) is 0 Å². The summed E-state index contributed by atoms with van der Waals surface area (Å²) in [5.74, 6) is 0. The summed E-state index contributed by atoms with van der Waals surface area (Å²) in [5, 5.41) is 0. The van der Waals surface area contributed by atoms with Gasteiger partial charge in [-0.25, -0.2) is 0 Å². The van der Waals surface area contributed by atoms with Gasteiger partial charge in [0.2, 0.25) is 0 Å². The van der Waals surface area contributed by atoms with E-state index in [0.717, 1.165) is 5.56 Å². The molecule has 1 aromatic heterocycles. The van der Waals surface area contributed by atoms with Gasteiger partial charge in [0, 0.05) is 15.2 Å². The van der Waals surface area contributed by atoms with Crippen molar-refractivity contribution in [3.05, 3.63) is 167 Å². The van der Waals surface area contributed by atoms with Crippen molar-refractivity contribution in [2.24, 2.45) is 0 Å². The molecule has 0 unspecified atom stereocenters. The normalized spacial score (nSPS) is 12.5.